The highest BCUT2D eigenvalue weighted by molar-refractivity contribution is 5.98. The van der Waals surface area contributed by atoms with Crippen LogP contribution in [0.3, 0.4) is 0 Å². The lowest BCUT2D eigenvalue weighted by atomic mass is 9.88. The highest BCUT2D eigenvalue weighted by atomic mass is 16.5. The van der Waals surface area contributed by atoms with E-state index in [-0.39, 0.29) is 63.7 Å². The molecule has 0 bridgehead atoms. The van der Waals surface area contributed by atoms with Gasteiger partial charge in [-0.2, -0.15) is 0 Å². The van der Waals surface area contributed by atoms with Gasteiger partial charge in [0.15, 0.2) is 23.3 Å². The Labute approximate surface area is 501 Å². The number of nitrogens with one attached hydrogen (secondary N) is 7. The number of amides is 5. The average molecular weight is 1170 g/mol. The highest BCUT2D eigenvalue weighted by Gasteiger charge is 2.35. The molecule has 0 unspecified atom stereocenters. The number of aldehydes is 1. The third-order valence-electron chi connectivity index (χ3n) is 15.1. The maximum atomic E-state index is 15.1. The molecule has 19 heteroatoms. The number of nitrogens with zero attached hydrogens (tertiary/aromatic N) is 1. The number of rotatable bonds is 23. The number of hydrogen-bond acceptors (Lipinski definition) is 12. The second kappa shape index (κ2) is 35.5. The number of Topliss-reactive ketones (excluding diaryl/α,β-unsaturated/α-hetero) is 3. The van der Waals surface area contributed by atoms with E-state index in [0.717, 1.165) is 35.6 Å². The number of aliphatic imine (C=N–C) groups is 1. The molecule has 5 rings (SSSR count). The zero-order chi connectivity index (χ0) is 61.7. The molecule has 0 aromatic heterocycles. The predicted octanol–water partition coefficient (Wildman–Crippen LogP) is 6.10. The number of benzene rings is 4. The van der Waals surface area contributed by atoms with Crippen LogP contribution >= 0.6 is 0 Å². The van der Waals surface area contributed by atoms with E-state index in [2.05, 4.69) is 42.2 Å². The van der Waals surface area contributed by atoms with E-state index in [1.54, 1.807) is 48.5 Å². The fourth-order valence-electron chi connectivity index (χ4n) is 10.4. The van der Waals surface area contributed by atoms with Gasteiger partial charge in [0.2, 0.25) is 29.5 Å². The van der Waals surface area contributed by atoms with Gasteiger partial charge in [-0.15, -0.1) is 0 Å². The summed E-state index contributed by atoms with van der Waals surface area (Å²) < 4.78 is 6.07. The Bertz CT molecular complexity index is 2870. The Kier molecular flexibility index (Phi) is 28.4. The van der Waals surface area contributed by atoms with Crippen LogP contribution in [-0.2, 0) is 62.4 Å². The van der Waals surface area contributed by atoms with Crippen molar-refractivity contribution in [1.82, 2.24) is 37.2 Å². The fraction of sp³-hybridized carbons (Fsp3) is 0.515. The van der Waals surface area contributed by atoms with Gasteiger partial charge in [-0.05, 0) is 132 Å². The quantitative estimate of drug-likeness (QED) is 0.0181. The predicted molar refractivity (Wildman–Crippen MR) is 330 cm³/mol. The number of hydrogen-bond donors (Lipinski definition) is 8. The van der Waals surface area contributed by atoms with E-state index in [4.69, 9.17) is 10.5 Å². The molecule has 0 aliphatic carbocycles. The van der Waals surface area contributed by atoms with Gasteiger partial charge in [-0.25, -0.2) is 0 Å². The van der Waals surface area contributed by atoms with Gasteiger partial charge >= 0.3 is 0 Å². The molecule has 7 atom stereocenters. The minimum absolute atomic E-state index is 0.0106. The number of guanidine groups is 1. The van der Waals surface area contributed by atoms with E-state index < -0.39 is 107 Å². The van der Waals surface area contributed by atoms with Crippen LogP contribution in [0.25, 0.3) is 10.8 Å². The molecule has 4 aromatic carbocycles. The first-order valence-electron chi connectivity index (χ1n) is 30.2. The number of carbonyl (C=O) groups is 9. The zero-order valence-corrected chi connectivity index (χ0v) is 50.6. The summed E-state index contributed by atoms with van der Waals surface area (Å²) in [6, 6.07) is 25.2. The molecule has 19 nitrogen and oxygen atoms in total. The number of ether oxygens (including phenoxy) is 1. The molecule has 0 spiro atoms. The normalized spacial score (nSPS) is 20.8. The molecule has 0 radical (unpaired) electrons. The first kappa shape index (κ1) is 68.0. The molecular formula is C66H91N9O10. The number of unbranched alkanes of at least 4 members (excludes halogenated alkanes) is 3. The zero-order valence-electron chi connectivity index (χ0n) is 50.6. The van der Waals surface area contributed by atoms with Gasteiger partial charge in [0, 0.05) is 63.5 Å². The molecule has 4 aromatic rings. The topological polar surface area (TPSA) is 285 Å². The first-order chi connectivity index (χ1) is 40.8. The molecular weight excluding hydrogens is 1080 g/mol. The van der Waals surface area contributed by atoms with Crippen LogP contribution in [0.5, 0.6) is 5.75 Å². The maximum Gasteiger partial charge on any atom is 0.243 e. The van der Waals surface area contributed by atoms with Crippen molar-refractivity contribution in [3.63, 3.8) is 0 Å². The number of fused-ring (bicyclic) bond motifs is 1. The molecule has 85 heavy (non-hydrogen) atoms. The lowest BCUT2D eigenvalue weighted by Crippen LogP contribution is -2.53. The summed E-state index contributed by atoms with van der Waals surface area (Å²) >= 11 is 0. The van der Waals surface area contributed by atoms with Crippen molar-refractivity contribution < 1.29 is 47.9 Å². The maximum absolute atomic E-state index is 15.1. The minimum atomic E-state index is -1.23. The SMILES string of the molecule is CCCCC[C@@H]1CC(=O)[C@H](Cc2ccc(OC(C)(C)C)cc2)NC(=O)[C@H](Cc2ccccc2)NC(=O)CC[C@H](C(=O)N[C@H](C=O)CCCCNC)CC(=O)CNC(=O)[C@H](Cc2ccc3ccccc3c2)CC(=O)[C@@H](CCCNC(N)=NC)NC1=O. The van der Waals surface area contributed by atoms with E-state index in [9.17, 15) is 38.4 Å². The summed E-state index contributed by atoms with van der Waals surface area (Å²) in [5, 5.41) is 22.3. The summed E-state index contributed by atoms with van der Waals surface area (Å²) in [6.45, 7) is 8.28. The third kappa shape index (κ3) is 24.4. The Morgan fingerprint density at radius 1 is 0.694 bits per heavy atom. The standard InChI is InChI=1S/C66H91N9O10/c1-7-8-10-22-49-40-59(79)56(37-45-26-30-54(31-27-45)85-66(2,3)4)75-64(84)57(38-44-18-11-9-12-19-44)73-60(80)32-29-50(62(82)72-52(43-76)23-15-16-33-68-5)39-53(77)42-71-61(81)51(36-46-25-28-47-20-13-14-21-48(47)35-46)41-58(78)55(74-63(49)83)24-17-34-70-65(67)69-6/h9,11-14,18-21,25-28,30-31,35,43,49-52,55-57,68H,7-8,10,15-17,22-24,29,32-34,36-42H2,1-6H3,(H,71,81)(H,72,82)(H,73,80)(H,74,83)(H,75,84)(H3,67,69,70)/t49-,50+,51-,52+,55-,56+,57+/m1/s1. The summed E-state index contributed by atoms with van der Waals surface area (Å²) in [6.07, 6.45) is 3.80. The minimum Gasteiger partial charge on any atom is -0.488 e. The van der Waals surface area contributed by atoms with Gasteiger partial charge in [0.1, 0.15) is 23.7 Å². The first-order valence-corrected chi connectivity index (χ1v) is 30.2. The van der Waals surface area contributed by atoms with Crippen molar-refractivity contribution in [1.29, 1.82) is 0 Å². The molecule has 1 aliphatic rings. The molecule has 9 N–H and O–H groups in total. The summed E-state index contributed by atoms with van der Waals surface area (Å²) in [7, 11) is 3.34. The average Bonchev–Trinajstić information content (AvgIpc) is 3.65. The second-order valence-corrected chi connectivity index (χ2v) is 23.3. The van der Waals surface area contributed by atoms with Crippen LogP contribution in [0.1, 0.15) is 134 Å². The third-order valence-corrected chi connectivity index (χ3v) is 15.1. The number of ketones is 3. The monoisotopic (exact) mass is 1170 g/mol. The largest absolute Gasteiger partial charge is 0.488 e. The molecule has 1 saturated heterocycles. The van der Waals surface area contributed by atoms with Gasteiger partial charge in [-0.3, -0.25) is 43.3 Å². The van der Waals surface area contributed by atoms with Crippen molar-refractivity contribution in [2.24, 2.45) is 28.5 Å². The van der Waals surface area contributed by atoms with Gasteiger partial charge in [0.05, 0.1) is 24.7 Å². The van der Waals surface area contributed by atoms with Crippen LogP contribution in [0, 0.1) is 17.8 Å². The van der Waals surface area contributed by atoms with Crippen LogP contribution in [0.2, 0.25) is 0 Å². The number of carbonyl (C=O) groups excluding carboxylic acids is 9. The molecule has 460 valence electrons. The molecule has 1 aliphatic heterocycles. The van der Waals surface area contributed by atoms with E-state index >= 15 is 4.79 Å². The summed E-state index contributed by atoms with van der Waals surface area (Å²) in [5.41, 5.74) is 7.58. The van der Waals surface area contributed by atoms with Crippen LogP contribution < -0.4 is 47.7 Å². The summed E-state index contributed by atoms with van der Waals surface area (Å²) in [4.78, 5) is 133. The summed E-state index contributed by atoms with van der Waals surface area (Å²) in [5.74, 6) is -6.87. The lowest BCUT2D eigenvalue weighted by molar-refractivity contribution is -0.135. The Balaban J connectivity index is 1.59. The van der Waals surface area contributed by atoms with Crippen molar-refractivity contribution in [3.8, 4) is 5.75 Å². The molecule has 0 saturated carbocycles. The molecule has 1 fully saturated rings. The van der Waals surface area contributed by atoms with Gasteiger partial charge in [-0.1, -0.05) is 111 Å². The van der Waals surface area contributed by atoms with Gasteiger partial charge in [0.25, 0.3) is 0 Å². The number of nitrogens with two attached hydrogens (primary N) is 1. The van der Waals surface area contributed by atoms with Crippen molar-refractivity contribution in [2.75, 3.05) is 33.7 Å². The second-order valence-electron chi connectivity index (χ2n) is 23.3. The van der Waals surface area contributed by atoms with Crippen LogP contribution in [-0.4, -0.2) is 123 Å². The van der Waals surface area contributed by atoms with Gasteiger partial charge < -0.3 is 52.5 Å². The van der Waals surface area contributed by atoms with Crippen molar-refractivity contribution >= 4 is 69.9 Å². The molecule has 5 amide bonds. The van der Waals surface area contributed by atoms with Crippen LogP contribution in [0.4, 0.5) is 0 Å². The highest BCUT2D eigenvalue weighted by Crippen LogP contribution is 2.25. The Morgan fingerprint density at radius 2 is 1.35 bits per heavy atom. The van der Waals surface area contributed by atoms with Crippen molar-refractivity contribution in [3.05, 3.63) is 114 Å². The molecule has 1 heterocycles. The van der Waals surface area contributed by atoms with E-state index in [1.807, 2.05) is 83.3 Å². The fourth-order valence-corrected chi connectivity index (χ4v) is 10.4. The Hall–Kier alpha value is -7.80. The lowest BCUT2D eigenvalue weighted by Gasteiger charge is -2.26. The smallest absolute Gasteiger partial charge is 0.243 e. The Morgan fingerprint density at radius 3 is 2.05 bits per heavy atom. The van der Waals surface area contributed by atoms with E-state index in [1.165, 1.54) is 7.05 Å². The van der Waals surface area contributed by atoms with E-state index in [0.29, 0.717) is 61.9 Å². The van der Waals surface area contributed by atoms with Crippen LogP contribution in [0.15, 0.2) is 102 Å². The van der Waals surface area contributed by atoms with Crippen molar-refractivity contribution in [2.45, 2.75) is 167 Å².